The lowest BCUT2D eigenvalue weighted by Crippen LogP contribution is -2.22. The molecule has 198 valence electrons. The molecular formula is C29H30N2O7. The Morgan fingerprint density at radius 2 is 1.32 bits per heavy atom. The number of benzene rings is 3. The minimum atomic E-state index is -0.265. The van der Waals surface area contributed by atoms with E-state index in [2.05, 4.69) is 0 Å². The van der Waals surface area contributed by atoms with Crippen molar-refractivity contribution in [1.82, 2.24) is 9.55 Å². The van der Waals surface area contributed by atoms with E-state index in [1.807, 2.05) is 31.2 Å². The van der Waals surface area contributed by atoms with Gasteiger partial charge in [-0.15, -0.1) is 0 Å². The first-order valence-corrected chi connectivity index (χ1v) is 11.9. The largest absolute Gasteiger partial charge is 0.496 e. The molecule has 0 saturated carbocycles. The maximum Gasteiger partial charge on any atom is 0.266 e. The fraction of sp³-hybridized carbons (Fsp3) is 0.241. The van der Waals surface area contributed by atoms with Crippen LogP contribution in [0, 0.1) is 0 Å². The number of hydrogen-bond acceptors (Lipinski definition) is 8. The Morgan fingerprint density at radius 3 is 1.92 bits per heavy atom. The van der Waals surface area contributed by atoms with Crippen LogP contribution >= 0.6 is 0 Å². The molecule has 0 unspecified atom stereocenters. The molecule has 9 nitrogen and oxygen atoms in total. The summed E-state index contributed by atoms with van der Waals surface area (Å²) in [7, 11) is 7.76. The van der Waals surface area contributed by atoms with Crippen LogP contribution in [-0.2, 0) is 0 Å². The summed E-state index contributed by atoms with van der Waals surface area (Å²) < 4.78 is 34.4. The van der Waals surface area contributed by atoms with Crippen LogP contribution in [0.25, 0.3) is 28.7 Å². The first-order valence-electron chi connectivity index (χ1n) is 11.9. The first kappa shape index (κ1) is 26.4. The quantitative estimate of drug-likeness (QED) is 0.290. The van der Waals surface area contributed by atoms with Gasteiger partial charge in [0.2, 0.25) is 0 Å². The number of methoxy groups -OCH3 is 5. The first-order chi connectivity index (χ1) is 18.5. The van der Waals surface area contributed by atoms with Gasteiger partial charge in [-0.1, -0.05) is 0 Å². The molecule has 0 bridgehead atoms. The summed E-state index contributed by atoms with van der Waals surface area (Å²) in [5, 5.41) is 0.386. The molecule has 0 aliphatic rings. The van der Waals surface area contributed by atoms with Crippen molar-refractivity contribution in [3.8, 4) is 40.2 Å². The van der Waals surface area contributed by atoms with Crippen LogP contribution in [0.4, 0.5) is 0 Å². The number of nitrogens with zero attached hydrogens (tertiary/aromatic N) is 2. The molecule has 0 aliphatic carbocycles. The molecule has 0 amide bonds. The molecule has 3 aromatic carbocycles. The van der Waals surface area contributed by atoms with Gasteiger partial charge in [-0.05, 0) is 55.5 Å². The second kappa shape index (κ2) is 11.6. The Kier molecular flexibility index (Phi) is 8.06. The summed E-state index contributed by atoms with van der Waals surface area (Å²) in [5.41, 5.74) is 1.54. The van der Waals surface area contributed by atoms with Crippen molar-refractivity contribution >= 4 is 23.1 Å². The average molecular weight is 519 g/mol. The minimum absolute atomic E-state index is 0.265. The maximum atomic E-state index is 13.8. The maximum absolute atomic E-state index is 13.8. The number of aromatic nitrogens is 2. The van der Waals surface area contributed by atoms with E-state index in [1.165, 1.54) is 18.8 Å². The van der Waals surface area contributed by atoms with Crippen LogP contribution in [0.2, 0.25) is 0 Å². The molecule has 0 atom stereocenters. The Hall–Kier alpha value is -4.66. The summed E-state index contributed by atoms with van der Waals surface area (Å²) >= 11 is 0. The van der Waals surface area contributed by atoms with E-state index >= 15 is 0 Å². The predicted octanol–water partition coefficient (Wildman–Crippen LogP) is 5.00. The SMILES string of the molecule is CCOc1ccc(-n2c(C=Cc3cc(OC)c(OC)cc3OC)nc3cc(OC)c(OC)cc3c2=O)cc1. The average Bonchev–Trinajstić information content (AvgIpc) is 2.95. The summed E-state index contributed by atoms with van der Waals surface area (Å²) in [4.78, 5) is 18.7. The van der Waals surface area contributed by atoms with Gasteiger partial charge < -0.3 is 28.4 Å². The highest BCUT2D eigenvalue weighted by Crippen LogP contribution is 2.36. The molecule has 0 fully saturated rings. The summed E-state index contributed by atoms with van der Waals surface area (Å²) in [6.45, 7) is 2.46. The van der Waals surface area contributed by atoms with Crippen molar-refractivity contribution in [2.45, 2.75) is 6.92 Å². The van der Waals surface area contributed by atoms with Gasteiger partial charge in [0, 0.05) is 17.7 Å². The van der Waals surface area contributed by atoms with E-state index in [1.54, 1.807) is 57.7 Å². The molecule has 0 N–H and O–H groups in total. The van der Waals surface area contributed by atoms with Gasteiger partial charge in [0.25, 0.3) is 5.56 Å². The van der Waals surface area contributed by atoms with E-state index in [0.717, 1.165) is 0 Å². The molecule has 4 rings (SSSR count). The standard InChI is InChI=1S/C29H30N2O7/c1-7-38-20-11-9-19(10-12-20)31-28(13-8-18-14-24(34-3)27(37-6)17-23(18)33-2)30-22-16-26(36-5)25(35-4)15-21(22)29(31)32/h8-17H,7H2,1-6H3. The van der Waals surface area contributed by atoms with Crippen molar-refractivity contribution in [3.05, 3.63) is 70.3 Å². The zero-order valence-electron chi connectivity index (χ0n) is 22.2. The zero-order valence-corrected chi connectivity index (χ0v) is 22.2. The molecule has 0 radical (unpaired) electrons. The van der Waals surface area contributed by atoms with Crippen molar-refractivity contribution in [3.63, 3.8) is 0 Å². The van der Waals surface area contributed by atoms with Crippen molar-refractivity contribution in [2.75, 3.05) is 42.2 Å². The number of rotatable bonds is 10. The van der Waals surface area contributed by atoms with E-state index in [-0.39, 0.29) is 5.56 Å². The third-order valence-corrected chi connectivity index (χ3v) is 5.95. The highest BCUT2D eigenvalue weighted by molar-refractivity contribution is 5.84. The second-order valence-corrected chi connectivity index (χ2v) is 8.04. The number of hydrogen-bond donors (Lipinski definition) is 0. The Labute approximate surface area is 220 Å². The van der Waals surface area contributed by atoms with E-state index in [9.17, 15) is 4.79 Å². The molecule has 1 aromatic heterocycles. The van der Waals surface area contributed by atoms with Gasteiger partial charge in [-0.3, -0.25) is 9.36 Å². The zero-order chi connectivity index (χ0) is 27.2. The van der Waals surface area contributed by atoms with Gasteiger partial charge in [0.15, 0.2) is 23.0 Å². The monoisotopic (exact) mass is 518 g/mol. The van der Waals surface area contributed by atoms with Crippen LogP contribution in [0.5, 0.6) is 34.5 Å². The predicted molar refractivity (Wildman–Crippen MR) is 147 cm³/mol. The molecule has 38 heavy (non-hydrogen) atoms. The highest BCUT2D eigenvalue weighted by Gasteiger charge is 2.16. The lowest BCUT2D eigenvalue weighted by Gasteiger charge is -2.15. The number of ether oxygens (including phenoxy) is 6. The smallest absolute Gasteiger partial charge is 0.266 e. The normalized spacial score (nSPS) is 11.0. The lowest BCUT2D eigenvalue weighted by molar-refractivity contribution is 0.340. The van der Waals surface area contributed by atoms with Gasteiger partial charge in [-0.25, -0.2) is 4.98 Å². The molecule has 0 aliphatic heterocycles. The van der Waals surface area contributed by atoms with Crippen LogP contribution in [0.15, 0.2) is 53.3 Å². The molecule has 0 saturated heterocycles. The van der Waals surface area contributed by atoms with E-state index < -0.39 is 0 Å². The fourth-order valence-electron chi connectivity index (χ4n) is 4.10. The molecule has 9 heteroatoms. The van der Waals surface area contributed by atoms with E-state index in [4.69, 9.17) is 33.4 Å². The molecule has 4 aromatic rings. The fourth-order valence-corrected chi connectivity index (χ4v) is 4.10. The van der Waals surface area contributed by atoms with Crippen molar-refractivity contribution in [1.29, 1.82) is 0 Å². The van der Waals surface area contributed by atoms with Crippen molar-refractivity contribution in [2.24, 2.45) is 0 Å². The third-order valence-electron chi connectivity index (χ3n) is 5.95. The van der Waals surface area contributed by atoms with Crippen LogP contribution < -0.4 is 34.0 Å². The Balaban J connectivity index is 1.95. The van der Waals surface area contributed by atoms with Crippen molar-refractivity contribution < 1.29 is 28.4 Å². The topological polar surface area (TPSA) is 90.3 Å². The number of fused-ring (bicyclic) bond motifs is 1. The molecule has 1 heterocycles. The lowest BCUT2D eigenvalue weighted by atomic mass is 10.1. The Morgan fingerprint density at radius 1 is 0.737 bits per heavy atom. The van der Waals surface area contributed by atoms with E-state index in [0.29, 0.717) is 69.1 Å². The summed E-state index contributed by atoms with van der Waals surface area (Å²) in [6.07, 6.45) is 3.55. The van der Waals surface area contributed by atoms with Gasteiger partial charge in [-0.2, -0.15) is 0 Å². The Bertz CT molecular complexity index is 1530. The van der Waals surface area contributed by atoms with Crippen LogP contribution in [-0.4, -0.2) is 51.7 Å². The highest BCUT2D eigenvalue weighted by atomic mass is 16.5. The molecule has 0 spiro atoms. The van der Waals surface area contributed by atoms with Crippen LogP contribution in [0.1, 0.15) is 18.3 Å². The molecular weight excluding hydrogens is 488 g/mol. The van der Waals surface area contributed by atoms with Gasteiger partial charge in [0.1, 0.15) is 17.3 Å². The summed E-state index contributed by atoms with van der Waals surface area (Å²) in [6, 6.07) is 14.1. The summed E-state index contributed by atoms with van der Waals surface area (Å²) in [5.74, 6) is 3.67. The van der Waals surface area contributed by atoms with Crippen LogP contribution in [0.3, 0.4) is 0 Å². The van der Waals surface area contributed by atoms with Gasteiger partial charge >= 0.3 is 0 Å². The van der Waals surface area contributed by atoms with Gasteiger partial charge in [0.05, 0.1) is 58.7 Å². The minimum Gasteiger partial charge on any atom is -0.496 e. The second-order valence-electron chi connectivity index (χ2n) is 8.04. The third kappa shape index (κ3) is 5.08.